The molecule has 1 aromatic rings. The number of rotatable bonds is 4. The minimum atomic E-state index is 0.694. The van der Waals surface area contributed by atoms with Crippen LogP contribution in [0.1, 0.15) is 51.9 Å². The first kappa shape index (κ1) is 14.2. The Hall–Kier alpha value is -1.24. The van der Waals surface area contributed by atoms with Crippen LogP contribution in [0.5, 0.6) is 0 Å². The van der Waals surface area contributed by atoms with E-state index < -0.39 is 0 Å². The summed E-state index contributed by atoms with van der Waals surface area (Å²) in [5, 5.41) is 0. The van der Waals surface area contributed by atoms with Crippen LogP contribution in [0.4, 0.5) is 5.69 Å². The van der Waals surface area contributed by atoms with Crippen molar-refractivity contribution >= 4 is 5.69 Å². The molecular formula is C18H27N. The van der Waals surface area contributed by atoms with Crippen molar-refractivity contribution in [1.82, 2.24) is 0 Å². The molecule has 2 rings (SSSR count). The standard InChI is InChI=1S/C18H27N/c1-16(2)15-19(18-13-9-6-10-14-18)17-11-7-4-3-5-8-12-17/h6,9-10,13-14,17H,1,3-5,7-8,11-12,15H2,2H3. The summed E-state index contributed by atoms with van der Waals surface area (Å²) in [5.41, 5.74) is 2.61. The summed E-state index contributed by atoms with van der Waals surface area (Å²) in [6.07, 6.45) is 9.68. The lowest BCUT2D eigenvalue weighted by Gasteiger charge is -2.35. The summed E-state index contributed by atoms with van der Waals surface area (Å²) in [4.78, 5) is 2.58. The number of hydrogen-bond donors (Lipinski definition) is 0. The zero-order valence-electron chi connectivity index (χ0n) is 12.3. The van der Waals surface area contributed by atoms with Crippen LogP contribution in [0.2, 0.25) is 0 Å². The van der Waals surface area contributed by atoms with E-state index in [0.717, 1.165) is 6.54 Å². The predicted octanol–water partition coefficient (Wildman–Crippen LogP) is 5.18. The van der Waals surface area contributed by atoms with Crippen molar-refractivity contribution in [2.45, 2.75) is 57.9 Å². The fraction of sp³-hybridized carbons (Fsp3) is 0.556. The van der Waals surface area contributed by atoms with Crippen molar-refractivity contribution in [1.29, 1.82) is 0 Å². The van der Waals surface area contributed by atoms with Crippen LogP contribution < -0.4 is 4.90 Å². The van der Waals surface area contributed by atoms with Gasteiger partial charge < -0.3 is 4.90 Å². The summed E-state index contributed by atoms with van der Waals surface area (Å²) < 4.78 is 0. The molecule has 0 atom stereocenters. The van der Waals surface area contributed by atoms with Crippen molar-refractivity contribution < 1.29 is 0 Å². The number of para-hydroxylation sites is 1. The molecule has 0 aromatic heterocycles. The van der Waals surface area contributed by atoms with Crippen molar-refractivity contribution in [2.24, 2.45) is 0 Å². The zero-order valence-corrected chi connectivity index (χ0v) is 12.3. The smallest absolute Gasteiger partial charge is 0.0386 e. The number of hydrogen-bond acceptors (Lipinski definition) is 1. The number of nitrogens with zero attached hydrogens (tertiary/aromatic N) is 1. The van der Waals surface area contributed by atoms with Gasteiger partial charge in [0.1, 0.15) is 0 Å². The second-order valence-electron chi connectivity index (χ2n) is 5.92. The first-order valence-corrected chi connectivity index (χ1v) is 7.73. The van der Waals surface area contributed by atoms with E-state index in [-0.39, 0.29) is 0 Å². The second-order valence-corrected chi connectivity index (χ2v) is 5.92. The van der Waals surface area contributed by atoms with E-state index in [1.807, 2.05) is 0 Å². The van der Waals surface area contributed by atoms with E-state index >= 15 is 0 Å². The van der Waals surface area contributed by atoms with Crippen LogP contribution in [-0.4, -0.2) is 12.6 Å². The van der Waals surface area contributed by atoms with E-state index in [1.54, 1.807) is 0 Å². The highest BCUT2D eigenvalue weighted by Crippen LogP contribution is 2.26. The van der Waals surface area contributed by atoms with Crippen LogP contribution in [-0.2, 0) is 0 Å². The topological polar surface area (TPSA) is 3.24 Å². The van der Waals surface area contributed by atoms with Gasteiger partial charge in [-0.25, -0.2) is 0 Å². The van der Waals surface area contributed by atoms with Crippen LogP contribution in [0, 0.1) is 0 Å². The average molecular weight is 257 g/mol. The van der Waals surface area contributed by atoms with Gasteiger partial charge in [-0.15, -0.1) is 0 Å². The molecule has 1 nitrogen and oxygen atoms in total. The summed E-state index contributed by atoms with van der Waals surface area (Å²) in [5.74, 6) is 0. The quantitative estimate of drug-likeness (QED) is 0.672. The Kier molecular flexibility index (Phi) is 5.50. The van der Waals surface area contributed by atoms with Crippen molar-refractivity contribution in [2.75, 3.05) is 11.4 Å². The first-order chi connectivity index (χ1) is 9.27. The maximum Gasteiger partial charge on any atom is 0.0386 e. The molecule has 0 radical (unpaired) electrons. The molecule has 1 aliphatic rings. The molecule has 0 aliphatic heterocycles. The third-order valence-corrected chi connectivity index (χ3v) is 4.04. The Balaban J connectivity index is 2.13. The number of benzene rings is 1. The predicted molar refractivity (Wildman–Crippen MR) is 84.7 cm³/mol. The Morgan fingerprint density at radius 3 is 2.21 bits per heavy atom. The summed E-state index contributed by atoms with van der Waals surface area (Å²) >= 11 is 0. The Labute approximate surface area is 118 Å². The summed E-state index contributed by atoms with van der Waals surface area (Å²) in [6.45, 7) is 7.25. The molecule has 0 amide bonds. The molecule has 19 heavy (non-hydrogen) atoms. The lowest BCUT2D eigenvalue weighted by atomic mass is 9.95. The fourth-order valence-electron chi connectivity index (χ4n) is 3.09. The van der Waals surface area contributed by atoms with E-state index in [2.05, 4.69) is 48.7 Å². The molecule has 1 fully saturated rings. The van der Waals surface area contributed by atoms with E-state index in [4.69, 9.17) is 0 Å². The molecule has 0 N–H and O–H groups in total. The molecule has 0 bridgehead atoms. The Morgan fingerprint density at radius 2 is 1.63 bits per heavy atom. The van der Waals surface area contributed by atoms with Gasteiger partial charge in [-0.3, -0.25) is 0 Å². The SMILES string of the molecule is C=C(C)CN(c1ccccc1)C1CCCCCCC1. The normalized spacial score (nSPS) is 17.5. The maximum atomic E-state index is 4.12. The molecule has 1 aliphatic carbocycles. The molecule has 0 unspecified atom stereocenters. The highest BCUT2D eigenvalue weighted by atomic mass is 15.2. The molecule has 0 heterocycles. The highest BCUT2D eigenvalue weighted by Gasteiger charge is 2.19. The maximum absolute atomic E-state index is 4.12. The molecular weight excluding hydrogens is 230 g/mol. The van der Waals surface area contributed by atoms with Gasteiger partial charge in [0.15, 0.2) is 0 Å². The fourth-order valence-corrected chi connectivity index (χ4v) is 3.09. The van der Waals surface area contributed by atoms with E-state index in [1.165, 1.54) is 56.2 Å². The van der Waals surface area contributed by atoms with E-state index in [0.29, 0.717) is 6.04 Å². The van der Waals surface area contributed by atoms with Crippen LogP contribution >= 0.6 is 0 Å². The molecule has 0 saturated heterocycles. The van der Waals surface area contributed by atoms with E-state index in [9.17, 15) is 0 Å². The molecule has 104 valence electrons. The van der Waals surface area contributed by atoms with Gasteiger partial charge in [0, 0.05) is 18.3 Å². The van der Waals surface area contributed by atoms with Gasteiger partial charge in [0.25, 0.3) is 0 Å². The van der Waals surface area contributed by atoms with Gasteiger partial charge in [0.05, 0.1) is 0 Å². The second kappa shape index (κ2) is 7.37. The lowest BCUT2D eigenvalue weighted by Crippen LogP contribution is -2.37. The minimum Gasteiger partial charge on any atom is -0.365 e. The van der Waals surface area contributed by atoms with Gasteiger partial charge in [-0.2, -0.15) is 0 Å². The van der Waals surface area contributed by atoms with Crippen LogP contribution in [0.3, 0.4) is 0 Å². The van der Waals surface area contributed by atoms with Crippen molar-refractivity contribution in [3.63, 3.8) is 0 Å². The molecule has 1 saturated carbocycles. The monoisotopic (exact) mass is 257 g/mol. The first-order valence-electron chi connectivity index (χ1n) is 7.73. The van der Waals surface area contributed by atoms with Gasteiger partial charge in [-0.05, 0) is 31.9 Å². The average Bonchev–Trinajstić information content (AvgIpc) is 2.37. The van der Waals surface area contributed by atoms with Crippen molar-refractivity contribution in [3.8, 4) is 0 Å². The third kappa shape index (κ3) is 4.41. The number of anilines is 1. The molecule has 0 spiro atoms. The molecule has 1 heteroatoms. The Bertz CT molecular complexity index is 374. The minimum absolute atomic E-state index is 0.694. The molecule has 1 aromatic carbocycles. The summed E-state index contributed by atoms with van der Waals surface area (Å²) in [7, 11) is 0. The lowest BCUT2D eigenvalue weighted by molar-refractivity contribution is 0.434. The highest BCUT2D eigenvalue weighted by molar-refractivity contribution is 5.48. The van der Waals surface area contributed by atoms with Gasteiger partial charge in [-0.1, -0.05) is 62.5 Å². The van der Waals surface area contributed by atoms with Crippen LogP contribution in [0.15, 0.2) is 42.5 Å². The zero-order chi connectivity index (χ0) is 13.5. The van der Waals surface area contributed by atoms with Crippen LogP contribution in [0.25, 0.3) is 0 Å². The Morgan fingerprint density at radius 1 is 1.05 bits per heavy atom. The van der Waals surface area contributed by atoms with Gasteiger partial charge in [0.2, 0.25) is 0 Å². The summed E-state index contributed by atoms with van der Waals surface area (Å²) in [6, 6.07) is 11.6. The van der Waals surface area contributed by atoms with Gasteiger partial charge >= 0.3 is 0 Å². The van der Waals surface area contributed by atoms with Crippen molar-refractivity contribution in [3.05, 3.63) is 42.5 Å². The third-order valence-electron chi connectivity index (χ3n) is 4.04. The largest absolute Gasteiger partial charge is 0.365 e.